The topological polar surface area (TPSA) is 34.9 Å². The minimum atomic E-state index is 0.201. The molecule has 1 aromatic heterocycles. The zero-order valence-electron chi connectivity index (χ0n) is 9.37. The molecule has 0 radical (unpaired) electrons. The lowest BCUT2D eigenvalue weighted by Crippen LogP contribution is -2.03. The smallest absolute Gasteiger partial charge is 0.156 e. The van der Waals surface area contributed by atoms with Gasteiger partial charge in [0, 0.05) is 13.0 Å². The van der Waals surface area contributed by atoms with Gasteiger partial charge in [-0.15, -0.1) is 0 Å². The van der Waals surface area contributed by atoms with Gasteiger partial charge in [0.1, 0.15) is 0 Å². The van der Waals surface area contributed by atoms with E-state index in [-0.39, 0.29) is 5.78 Å². The number of aryl methyl sites for hydroxylation is 1. The zero-order valence-corrected chi connectivity index (χ0v) is 10.1. The number of aromatic nitrogens is 2. The predicted octanol–water partition coefficient (Wildman–Crippen LogP) is 3.08. The Morgan fingerprint density at radius 1 is 1.44 bits per heavy atom. The van der Waals surface area contributed by atoms with Gasteiger partial charge in [-0.3, -0.25) is 9.48 Å². The van der Waals surface area contributed by atoms with E-state index >= 15 is 0 Å². The summed E-state index contributed by atoms with van der Waals surface area (Å²) < 4.78 is 1.85. The van der Waals surface area contributed by atoms with Crippen molar-refractivity contribution in [1.82, 2.24) is 9.78 Å². The number of halogens is 1. The number of rotatable bonds is 2. The minimum absolute atomic E-state index is 0.201. The number of ketones is 1. The maximum absolute atomic E-state index is 11.6. The number of allylic oxidation sites excluding steroid dienone is 2. The van der Waals surface area contributed by atoms with Crippen LogP contribution in [0, 0.1) is 0 Å². The van der Waals surface area contributed by atoms with Crippen LogP contribution in [0.25, 0.3) is 5.57 Å². The lowest BCUT2D eigenvalue weighted by molar-refractivity contribution is -0.114. The molecule has 3 nitrogen and oxygen atoms in total. The van der Waals surface area contributed by atoms with E-state index < -0.39 is 0 Å². The first-order valence-corrected chi connectivity index (χ1v) is 6.05. The van der Waals surface area contributed by atoms with E-state index in [1.165, 1.54) is 0 Å². The number of carbonyl (C=O) groups excluding carboxylic acids is 1. The van der Waals surface area contributed by atoms with Crippen molar-refractivity contribution in [3.05, 3.63) is 23.0 Å². The zero-order chi connectivity index (χ0) is 11.5. The second kappa shape index (κ2) is 4.83. The first-order chi connectivity index (χ1) is 7.72. The quantitative estimate of drug-likeness (QED) is 0.794. The van der Waals surface area contributed by atoms with E-state index in [4.69, 9.17) is 11.6 Å². The molecule has 1 aliphatic rings. The summed E-state index contributed by atoms with van der Waals surface area (Å²) in [6.07, 6.45) is 6.97. The second-order valence-electron chi connectivity index (χ2n) is 4.00. The number of hydrogen-bond donors (Lipinski definition) is 0. The fraction of sp³-hybridized carbons (Fsp3) is 0.500. The Kier molecular flexibility index (Phi) is 3.44. The highest BCUT2D eigenvalue weighted by atomic mass is 35.5. The Morgan fingerprint density at radius 3 is 2.94 bits per heavy atom. The van der Waals surface area contributed by atoms with Crippen LogP contribution in [0.4, 0.5) is 0 Å². The van der Waals surface area contributed by atoms with Crippen LogP contribution < -0.4 is 0 Å². The highest BCUT2D eigenvalue weighted by molar-refractivity contribution is 6.32. The Labute approximate surface area is 100 Å². The fourth-order valence-electron chi connectivity index (χ4n) is 2.06. The van der Waals surface area contributed by atoms with Crippen LogP contribution in [0.5, 0.6) is 0 Å². The summed E-state index contributed by atoms with van der Waals surface area (Å²) in [4.78, 5) is 11.6. The largest absolute Gasteiger partial charge is 0.295 e. The molecule has 0 spiro atoms. The van der Waals surface area contributed by atoms with Gasteiger partial charge in [-0.25, -0.2) is 0 Å². The molecule has 0 aromatic carbocycles. The molecule has 1 aromatic rings. The van der Waals surface area contributed by atoms with Crippen molar-refractivity contribution < 1.29 is 4.79 Å². The van der Waals surface area contributed by atoms with E-state index in [0.29, 0.717) is 11.4 Å². The number of nitrogens with zero attached hydrogens (tertiary/aromatic N) is 2. The van der Waals surface area contributed by atoms with Gasteiger partial charge in [-0.1, -0.05) is 11.6 Å². The highest BCUT2D eigenvalue weighted by Gasteiger charge is 2.16. The third-order valence-electron chi connectivity index (χ3n) is 2.85. The maximum Gasteiger partial charge on any atom is 0.156 e. The number of carbonyl (C=O) groups is 1. The normalized spacial score (nSPS) is 17.1. The molecule has 0 saturated heterocycles. The molecular formula is C12H15ClN2O. The molecule has 0 saturated carbocycles. The van der Waals surface area contributed by atoms with Crippen molar-refractivity contribution in [2.75, 3.05) is 0 Å². The highest BCUT2D eigenvalue weighted by Crippen LogP contribution is 2.29. The molecule has 1 heterocycles. The van der Waals surface area contributed by atoms with Crippen molar-refractivity contribution in [1.29, 1.82) is 0 Å². The molecule has 0 unspecified atom stereocenters. The van der Waals surface area contributed by atoms with E-state index in [0.717, 1.165) is 37.1 Å². The summed E-state index contributed by atoms with van der Waals surface area (Å²) in [5, 5.41) is 4.84. The molecule has 4 heteroatoms. The molecule has 0 atom stereocenters. The third kappa shape index (κ3) is 2.19. The molecule has 2 rings (SSSR count). The second-order valence-corrected chi connectivity index (χ2v) is 4.41. The van der Waals surface area contributed by atoms with Gasteiger partial charge in [0.25, 0.3) is 0 Å². The van der Waals surface area contributed by atoms with Crippen molar-refractivity contribution in [3.63, 3.8) is 0 Å². The van der Waals surface area contributed by atoms with Crippen LogP contribution in [-0.2, 0) is 11.3 Å². The van der Waals surface area contributed by atoms with Crippen molar-refractivity contribution >= 4 is 23.0 Å². The van der Waals surface area contributed by atoms with Crippen molar-refractivity contribution in [2.45, 2.75) is 39.2 Å². The van der Waals surface area contributed by atoms with Gasteiger partial charge in [0.2, 0.25) is 0 Å². The number of hydrogen-bond acceptors (Lipinski definition) is 2. The van der Waals surface area contributed by atoms with Gasteiger partial charge >= 0.3 is 0 Å². The van der Waals surface area contributed by atoms with Crippen LogP contribution in [0.3, 0.4) is 0 Å². The molecular weight excluding hydrogens is 224 g/mol. The molecule has 16 heavy (non-hydrogen) atoms. The lowest BCUT2D eigenvalue weighted by Gasteiger charge is -2.08. The SMILES string of the molecule is CCn1ncc(Cl)c1C1=CC(=O)CCCC1. The molecule has 0 amide bonds. The molecule has 0 bridgehead atoms. The van der Waals surface area contributed by atoms with Gasteiger partial charge in [0.05, 0.1) is 16.9 Å². The molecule has 86 valence electrons. The van der Waals surface area contributed by atoms with E-state index in [1.54, 1.807) is 12.3 Å². The van der Waals surface area contributed by atoms with Gasteiger partial charge in [-0.05, 0) is 37.8 Å². The first kappa shape index (κ1) is 11.4. The average Bonchev–Trinajstić information content (AvgIpc) is 2.50. The van der Waals surface area contributed by atoms with Crippen LogP contribution in [0.15, 0.2) is 12.3 Å². The standard InChI is InChI=1S/C12H15ClN2O/c1-2-15-12(11(13)8-14-15)9-5-3-4-6-10(16)7-9/h7-8H,2-6H2,1H3. The monoisotopic (exact) mass is 238 g/mol. The lowest BCUT2D eigenvalue weighted by atomic mass is 10.1. The molecule has 0 aliphatic heterocycles. The van der Waals surface area contributed by atoms with Crippen LogP contribution in [0.2, 0.25) is 5.02 Å². The summed E-state index contributed by atoms with van der Waals surface area (Å²) >= 11 is 6.12. The fourth-order valence-corrected chi connectivity index (χ4v) is 2.32. The molecule has 1 aliphatic carbocycles. The van der Waals surface area contributed by atoms with E-state index in [9.17, 15) is 4.79 Å². The maximum atomic E-state index is 11.6. The summed E-state index contributed by atoms with van der Waals surface area (Å²) in [7, 11) is 0. The summed E-state index contributed by atoms with van der Waals surface area (Å²) in [6, 6.07) is 0. The third-order valence-corrected chi connectivity index (χ3v) is 3.13. The Morgan fingerprint density at radius 2 is 2.19 bits per heavy atom. The Hall–Kier alpha value is -1.09. The van der Waals surface area contributed by atoms with E-state index in [1.807, 2.05) is 11.6 Å². The molecule has 0 fully saturated rings. The van der Waals surface area contributed by atoms with Crippen LogP contribution in [-0.4, -0.2) is 15.6 Å². The summed E-state index contributed by atoms with van der Waals surface area (Å²) in [6.45, 7) is 2.79. The minimum Gasteiger partial charge on any atom is -0.295 e. The van der Waals surface area contributed by atoms with Gasteiger partial charge in [0.15, 0.2) is 5.78 Å². The van der Waals surface area contributed by atoms with Crippen LogP contribution in [0.1, 0.15) is 38.3 Å². The van der Waals surface area contributed by atoms with Crippen molar-refractivity contribution in [2.24, 2.45) is 0 Å². The Bertz CT molecular complexity index is 434. The first-order valence-electron chi connectivity index (χ1n) is 5.67. The predicted molar refractivity (Wildman–Crippen MR) is 64.4 cm³/mol. The van der Waals surface area contributed by atoms with E-state index in [2.05, 4.69) is 5.10 Å². The van der Waals surface area contributed by atoms with Crippen molar-refractivity contribution in [3.8, 4) is 0 Å². The van der Waals surface area contributed by atoms with Gasteiger partial charge in [-0.2, -0.15) is 5.10 Å². The Balaban J connectivity index is 2.41. The average molecular weight is 239 g/mol. The summed E-state index contributed by atoms with van der Waals surface area (Å²) in [5.41, 5.74) is 1.95. The summed E-state index contributed by atoms with van der Waals surface area (Å²) in [5.74, 6) is 0.201. The van der Waals surface area contributed by atoms with Gasteiger partial charge < -0.3 is 0 Å². The molecule has 0 N–H and O–H groups in total. The van der Waals surface area contributed by atoms with Crippen LogP contribution >= 0.6 is 11.6 Å².